The van der Waals surface area contributed by atoms with E-state index < -0.39 is 0 Å². The third kappa shape index (κ3) is 6.18. The van der Waals surface area contributed by atoms with Gasteiger partial charge in [-0.25, -0.2) is 0 Å². The quantitative estimate of drug-likeness (QED) is 0.641. The molecular weight excluding hydrogens is 272 g/mol. The van der Waals surface area contributed by atoms with E-state index in [9.17, 15) is 4.79 Å². The molecule has 3 nitrogen and oxygen atoms in total. The normalized spacial score (nSPS) is 12.5. The Hall–Kier alpha value is -1.35. The van der Waals surface area contributed by atoms with Gasteiger partial charge >= 0.3 is 0 Å². The molecular formula is C19H32N2O. The van der Waals surface area contributed by atoms with Gasteiger partial charge in [0.2, 0.25) is 5.91 Å². The van der Waals surface area contributed by atoms with Crippen LogP contribution in [0.4, 0.5) is 5.69 Å². The Bertz CT molecular complexity index is 439. The Kier molecular flexibility index (Phi) is 8.18. The Morgan fingerprint density at radius 2 is 1.73 bits per heavy atom. The maximum absolute atomic E-state index is 12.8. The van der Waals surface area contributed by atoms with E-state index in [-0.39, 0.29) is 11.8 Å². The smallest absolute Gasteiger partial charge is 0.229 e. The molecule has 0 radical (unpaired) electrons. The lowest BCUT2D eigenvalue weighted by Gasteiger charge is -2.27. The van der Waals surface area contributed by atoms with Crippen LogP contribution in [0.1, 0.15) is 45.1 Å². The number of anilines is 1. The number of carbonyl (C=O) groups is 1. The molecule has 0 aromatic heterocycles. The summed E-state index contributed by atoms with van der Waals surface area (Å²) < 4.78 is 0. The summed E-state index contributed by atoms with van der Waals surface area (Å²) in [4.78, 5) is 16.9. The molecule has 0 saturated heterocycles. The number of nitrogens with zero attached hydrogens (tertiary/aromatic N) is 2. The van der Waals surface area contributed by atoms with Crippen molar-refractivity contribution in [2.75, 3.05) is 32.1 Å². The van der Waals surface area contributed by atoms with E-state index in [0.29, 0.717) is 0 Å². The van der Waals surface area contributed by atoms with Crippen molar-refractivity contribution < 1.29 is 4.79 Å². The molecule has 1 atom stereocenters. The number of likely N-dealkylation sites (N-methyl/N-ethyl adjacent to an activating group) is 1. The Labute approximate surface area is 136 Å². The molecule has 0 aliphatic rings. The third-order valence-electron chi connectivity index (χ3n) is 4.04. The Balaban J connectivity index is 2.79. The predicted molar refractivity (Wildman–Crippen MR) is 95.4 cm³/mol. The number of benzene rings is 1. The van der Waals surface area contributed by atoms with Gasteiger partial charge in [0.05, 0.1) is 0 Å². The lowest BCUT2D eigenvalue weighted by atomic mass is 10.0. The first kappa shape index (κ1) is 18.7. The fourth-order valence-electron chi connectivity index (χ4n) is 2.48. The largest absolute Gasteiger partial charge is 0.311 e. The molecule has 0 heterocycles. The standard InChI is InChI=1S/C19H32N2O/c1-6-7-8-9-17(3)19(22)21(15-14-20(4)5)18-12-10-16(2)11-13-18/h10-13,17H,6-9,14-15H2,1-5H3. The fraction of sp³-hybridized carbons (Fsp3) is 0.632. The minimum Gasteiger partial charge on any atom is -0.311 e. The van der Waals surface area contributed by atoms with Crippen LogP contribution in [0.5, 0.6) is 0 Å². The molecule has 1 amide bonds. The van der Waals surface area contributed by atoms with Crippen LogP contribution in [0.2, 0.25) is 0 Å². The lowest BCUT2D eigenvalue weighted by molar-refractivity contribution is -0.122. The maximum Gasteiger partial charge on any atom is 0.229 e. The number of rotatable bonds is 9. The highest BCUT2D eigenvalue weighted by Crippen LogP contribution is 2.20. The summed E-state index contributed by atoms with van der Waals surface area (Å²) in [6.45, 7) is 7.95. The van der Waals surface area contributed by atoms with Crippen LogP contribution >= 0.6 is 0 Å². The van der Waals surface area contributed by atoms with E-state index in [1.165, 1.54) is 18.4 Å². The van der Waals surface area contributed by atoms with Gasteiger partial charge in [-0.1, -0.05) is 50.8 Å². The van der Waals surface area contributed by atoms with Crippen LogP contribution < -0.4 is 4.90 Å². The molecule has 0 N–H and O–H groups in total. The summed E-state index contributed by atoms with van der Waals surface area (Å²) in [7, 11) is 4.09. The van der Waals surface area contributed by atoms with Gasteiger partial charge in [0.15, 0.2) is 0 Å². The number of aryl methyl sites for hydroxylation is 1. The van der Waals surface area contributed by atoms with E-state index in [1.54, 1.807) is 0 Å². The van der Waals surface area contributed by atoms with Crippen molar-refractivity contribution in [2.24, 2.45) is 5.92 Å². The Morgan fingerprint density at radius 3 is 2.27 bits per heavy atom. The van der Waals surface area contributed by atoms with Gasteiger partial charge in [-0.05, 0) is 39.6 Å². The summed E-state index contributed by atoms with van der Waals surface area (Å²) in [5.41, 5.74) is 2.24. The molecule has 1 aromatic carbocycles. The zero-order chi connectivity index (χ0) is 16.5. The first-order valence-corrected chi connectivity index (χ1v) is 8.48. The first-order valence-electron chi connectivity index (χ1n) is 8.48. The average molecular weight is 304 g/mol. The van der Waals surface area contributed by atoms with E-state index in [4.69, 9.17) is 0 Å². The zero-order valence-corrected chi connectivity index (χ0v) is 14.9. The topological polar surface area (TPSA) is 23.6 Å². The number of hydrogen-bond donors (Lipinski definition) is 0. The van der Waals surface area contributed by atoms with Crippen molar-refractivity contribution >= 4 is 11.6 Å². The van der Waals surface area contributed by atoms with Crippen molar-refractivity contribution in [3.63, 3.8) is 0 Å². The highest BCUT2D eigenvalue weighted by atomic mass is 16.2. The number of unbranched alkanes of at least 4 members (excludes halogenated alkanes) is 2. The van der Waals surface area contributed by atoms with E-state index in [0.717, 1.165) is 31.6 Å². The molecule has 1 rings (SSSR count). The van der Waals surface area contributed by atoms with Crippen LogP contribution in [0.3, 0.4) is 0 Å². The van der Waals surface area contributed by atoms with Crippen LogP contribution in [0.15, 0.2) is 24.3 Å². The second kappa shape index (κ2) is 9.62. The number of hydrogen-bond acceptors (Lipinski definition) is 2. The molecule has 0 aliphatic carbocycles. The van der Waals surface area contributed by atoms with Crippen LogP contribution in [-0.4, -0.2) is 38.0 Å². The molecule has 0 bridgehead atoms. The highest BCUT2D eigenvalue weighted by Gasteiger charge is 2.21. The summed E-state index contributed by atoms with van der Waals surface area (Å²) in [6, 6.07) is 8.27. The van der Waals surface area contributed by atoms with Crippen molar-refractivity contribution in [3.8, 4) is 0 Å². The van der Waals surface area contributed by atoms with E-state index >= 15 is 0 Å². The van der Waals surface area contributed by atoms with E-state index in [2.05, 4.69) is 49.9 Å². The van der Waals surface area contributed by atoms with Gasteiger partial charge in [-0.2, -0.15) is 0 Å². The molecule has 0 aliphatic heterocycles. The van der Waals surface area contributed by atoms with E-state index in [1.807, 2.05) is 19.0 Å². The number of carbonyl (C=O) groups excluding carboxylic acids is 1. The summed E-state index contributed by atoms with van der Waals surface area (Å²) in [5, 5.41) is 0. The molecule has 0 saturated carbocycles. The summed E-state index contributed by atoms with van der Waals surface area (Å²) >= 11 is 0. The van der Waals surface area contributed by atoms with Gasteiger partial charge in [-0.15, -0.1) is 0 Å². The maximum atomic E-state index is 12.8. The second-order valence-corrected chi connectivity index (χ2v) is 6.53. The molecule has 3 heteroatoms. The zero-order valence-electron chi connectivity index (χ0n) is 14.9. The number of amides is 1. The van der Waals surface area contributed by atoms with Gasteiger partial charge in [-0.3, -0.25) is 4.79 Å². The molecule has 1 aromatic rings. The van der Waals surface area contributed by atoms with Gasteiger partial charge in [0.25, 0.3) is 0 Å². The predicted octanol–water partition coefficient (Wildman–Crippen LogP) is 4.11. The molecule has 1 unspecified atom stereocenters. The SMILES string of the molecule is CCCCCC(C)C(=O)N(CCN(C)C)c1ccc(C)cc1. The molecule has 22 heavy (non-hydrogen) atoms. The fourth-order valence-corrected chi connectivity index (χ4v) is 2.48. The second-order valence-electron chi connectivity index (χ2n) is 6.53. The van der Waals surface area contributed by atoms with Crippen molar-refractivity contribution in [2.45, 2.75) is 46.5 Å². The third-order valence-corrected chi connectivity index (χ3v) is 4.04. The van der Waals surface area contributed by atoms with Crippen LogP contribution in [0, 0.1) is 12.8 Å². The van der Waals surface area contributed by atoms with Crippen LogP contribution in [-0.2, 0) is 4.79 Å². The Morgan fingerprint density at radius 1 is 1.09 bits per heavy atom. The lowest BCUT2D eigenvalue weighted by Crippen LogP contribution is -2.39. The van der Waals surface area contributed by atoms with Crippen molar-refractivity contribution in [1.29, 1.82) is 0 Å². The summed E-state index contributed by atoms with van der Waals surface area (Å²) in [6.07, 6.45) is 4.53. The highest BCUT2D eigenvalue weighted by molar-refractivity contribution is 5.94. The minimum atomic E-state index is 0.0926. The van der Waals surface area contributed by atoms with Gasteiger partial charge in [0.1, 0.15) is 0 Å². The van der Waals surface area contributed by atoms with Gasteiger partial charge < -0.3 is 9.80 Å². The molecule has 124 valence electrons. The first-order chi connectivity index (χ1) is 10.5. The monoisotopic (exact) mass is 304 g/mol. The summed E-state index contributed by atoms with van der Waals surface area (Å²) in [5.74, 6) is 0.344. The molecule has 0 fully saturated rings. The average Bonchev–Trinajstić information content (AvgIpc) is 2.48. The van der Waals surface area contributed by atoms with Crippen LogP contribution in [0.25, 0.3) is 0 Å². The minimum absolute atomic E-state index is 0.0926. The van der Waals surface area contributed by atoms with Crippen molar-refractivity contribution in [1.82, 2.24) is 4.90 Å². The van der Waals surface area contributed by atoms with Gasteiger partial charge in [0, 0.05) is 24.7 Å². The van der Waals surface area contributed by atoms with Crippen molar-refractivity contribution in [3.05, 3.63) is 29.8 Å². The molecule has 0 spiro atoms.